The Morgan fingerprint density at radius 1 is 1.38 bits per heavy atom. The lowest BCUT2D eigenvalue weighted by Gasteiger charge is -2.12. The third kappa shape index (κ3) is 2.16. The Hall–Kier alpha value is -1.16. The second kappa shape index (κ2) is 4.37. The highest BCUT2D eigenvalue weighted by atomic mass is 79.9. The normalized spacial score (nSPS) is 20.2. The van der Waals surface area contributed by atoms with Crippen molar-refractivity contribution in [2.75, 3.05) is 0 Å². The zero-order valence-corrected chi connectivity index (χ0v) is 10.9. The molecule has 0 saturated carbocycles. The fourth-order valence-corrected chi connectivity index (χ4v) is 1.87. The third-order valence-electron chi connectivity index (χ3n) is 2.78. The number of carbonyl (C=O) groups is 1. The van der Waals surface area contributed by atoms with Crippen molar-refractivity contribution in [3.8, 4) is 0 Å². The van der Waals surface area contributed by atoms with E-state index in [0.717, 1.165) is 15.7 Å². The van der Waals surface area contributed by atoms with E-state index in [2.05, 4.69) is 21.0 Å². The lowest BCUT2D eigenvalue weighted by Crippen LogP contribution is -2.25. The van der Waals surface area contributed by atoms with Crippen LogP contribution in [0.3, 0.4) is 0 Å². The van der Waals surface area contributed by atoms with Crippen molar-refractivity contribution in [1.29, 1.82) is 0 Å². The highest BCUT2D eigenvalue weighted by molar-refractivity contribution is 9.10. The average molecular weight is 281 g/mol. The van der Waals surface area contributed by atoms with E-state index in [4.69, 9.17) is 0 Å². The van der Waals surface area contributed by atoms with Crippen molar-refractivity contribution in [3.05, 3.63) is 34.3 Å². The molecular weight excluding hydrogens is 268 g/mol. The van der Waals surface area contributed by atoms with Crippen molar-refractivity contribution >= 4 is 27.5 Å². The fourth-order valence-electron chi connectivity index (χ4n) is 1.60. The molecule has 1 aliphatic heterocycles. The van der Waals surface area contributed by atoms with Gasteiger partial charge in [0.1, 0.15) is 0 Å². The zero-order chi connectivity index (χ0) is 11.7. The van der Waals surface area contributed by atoms with E-state index in [0.29, 0.717) is 6.54 Å². The number of halogens is 1. The van der Waals surface area contributed by atoms with Gasteiger partial charge < -0.3 is 0 Å². The fraction of sp³-hybridized carbons (Fsp3) is 0.333. The molecule has 1 heterocycles. The van der Waals surface area contributed by atoms with E-state index < -0.39 is 0 Å². The molecule has 0 aromatic heterocycles. The number of benzene rings is 1. The van der Waals surface area contributed by atoms with Gasteiger partial charge in [-0.15, -0.1) is 0 Å². The second-order valence-electron chi connectivity index (χ2n) is 3.99. The summed E-state index contributed by atoms with van der Waals surface area (Å²) in [5, 5.41) is 5.80. The largest absolute Gasteiger partial charge is 0.272 e. The van der Waals surface area contributed by atoms with Gasteiger partial charge in [0.2, 0.25) is 0 Å². The van der Waals surface area contributed by atoms with Gasteiger partial charge in [-0.1, -0.05) is 28.1 Å². The Morgan fingerprint density at radius 3 is 2.50 bits per heavy atom. The minimum Gasteiger partial charge on any atom is -0.272 e. The molecule has 3 nitrogen and oxygen atoms in total. The van der Waals surface area contributed by atoms with E-state index >= 15 is 0 Å². The van der Waals surface area contributed by atoms with E-state index in [-0.39, 0.29) is 11.8 Å². The first-order chi connectivity index (χ1) is 7.58. The van der Waals surface area contributed by atoms with Crippen LogP contribution in [-0.2, 0) is 11.3 Å². The van der Waals surface area contributed by atoms with Crippen molar-refractivity contribution in [1.82, 2.24) is 5.01 Å². The number of hydrogen-bond donors (Lipinski definition) is 0. The van der Waals surface area contributed by atoms with E-state index in [1.54, 1.807) is 5.01 Å². The molecule has 1 aromatic carbocycles. The summed E-state index contributed by atoms with van der Waals surface area (Å²) < 4.78 is 1.04. The van der Waals surface area contributed by atoms with Crippen LogP contribution in [0.1, 0.15) is 19.4 Å². The molecule has 1 aromatic rings. The van der Waals surface area contributed by atoms with Gasteiger partial charge in [-0.2, -0.15) is 5.10 Å². The highest BCUT2D eigenvalue weighted by Crippen LogP contribution is 2.19. The van der Waals surface area contributed by atoms with Gasteiger partial charge in [-0.05, 0) is 31.5 Å². The van der Waals surface area contributed by atoms with Crippen LogP contribution in [0.15, 0.2) is 33.8 Å². The molecule has 0 radical (unpaired) electrons. The summed E-state index contributed by atoms with van der Waals surface area (Å²) in [6.45, 7) is 4.33. The van der Waals surface area contributed by atoms with Crippen molar-refractivity contribution < 1.29 is 4.79 Å². The summed E-state index contributed by atoms with van der Waals surface area (Å²) in [4.78, 5) is 11.8. The molecule has 0 saturated heterocycles. The predicted molar refractivity (Wildman–Crippen MR) is 67.0 cm³/mol. The Morgan fingerprint density at radius 2 is 2.00 bits per heavy atom. The van der Waals surface area contributed by atoms with Crippen LogP contribution in [0.25, 0.3) is 0 Å². The summed E-state index contributed by atoms with van der Waals surface area (Å²) in [6.07, 6.45) is 0. The van der Waals surface area contributed by atoms with Gasteiger partial charge in [0, 0.05) is 10.2 Å². The van der Waals surface area contributed by atoms with Gasteiger partial charge in [-0.3, -0.25) is 4.79 Å². The number of hydrogen-bond acceptors (Lipinski definition) is 2. The molecule has 1 atom stereocenters. The highest BCUT2D eigenvalue weighted by Gasteiger charge is 2.29. The van der Waals surface area contributed by atoms with Crippen LogP contribution in [-0.4, -0.2) is 16.6 Å². The summed E-state index contributed by atoms with van der Waals surface area (Å²) in [5.74, 6) is 0.0101. The molecule has 0 N–H and O–H groups in total. The molecule has 0 spiro atoms. The molecule has 84 valence electrons. The van der Waals surface area contributed by atoms with Gasteiger partial charge in [0.05, 0.1) is 12.5 Å². The molecule has 0 bridgehead atoms. The lowest BCUT2D eigenvalue weighted by atomic mass is 10.1. The van der Waals surface area contributed by atoms with Crippen LogP contribution < -0.4 is 0 Å². The van der Waals surface area contributed by atoms with Crippen LogP contribution in [0.4, 0.5) is 0 Å². The summed E-state index contributed by atoms with van der Waals surface area (Å²) in [5.41, 5.74) is 1.98. The third-order valence-corrected chi connectivity index (χ3v) is 3.30. The molecule has 2 rings (SSSR count). The molecule has 0 fully saturated rings. The minimum atomic E-state index is -0.0737. The summed E-state index contributed by atoms with van der Waals surface area (Å²) >= 11 is 3.38. The molecular formula is C12H13BrN2O. The number of amides is 1. The second-order valence-corrected chi connectivity index (χ2v) is 4.90. The number of rotatable bonds is 2. The molecule has 1 unspecified atom stereocenters. The first kappa shape index (κ1) is 11.3. The first-order valence-electron chi connectivity index (χ1n) is 5.19. The number of hydrazone groups is 1. The zero-order valence-electron chi connectivity index (χ0n) is 9.27. The SMILES string of the molecule is CC1=NN(Cc2ccc(Br)cc2)C(=O)C1C. The lowest BCUT2D eigenvalue weighted by molar-refractivity contribution is -0.131. The Bertz CT molecular complexity index is 439. The van der Waals surface area contributed by atoms with Gasteiger partial charge in [-0.25, -0.2) is 5.01 Å². The van der Waals surface area contributed by atoms with Crippen molar-refractivity contribution in [3.63, 3.8) is 0 Å². The van der Waals surface area contributed by atoms with Crippen LogP contribution in [0.2, 0.25) is 0 Å². The van der Waals surface area contributed by atoms with Crippen LogP contribution in [0.5, 0.6) is 0 Å². The Labute approximate surface area is 103 Å². The van der Waals surface area contributed by atoms with E-state index in [1.165, 1.54) is 0 Å². The smallest absolute Gasteiger partial charge is 0.251 e. The van der Waals surface area contributed by atoms with Crippen molar-refractivity contribution in [2.45, 2.75) is 20.4 Å². The van der Waals surface area contributed by atoms with E-state index in [9.17, 15) is 4.79 Å². The Kier molecular flexibility index (Phi) is 3.10. The number of carbonyl (C=O) groups excluding carboxylic acids is 1. The standard InChI is InChI=1S/C12H13BrN2O/c1-8-9(2)14-15(12(8)16)7-10-3-5-11(13)6-4-10/h3-6,8H,7H2,1-2H3. The first-order valence-corrected chi connectivity index (χ1v) is 5.98. The summed E-state index contributed by atoms with van der Waals surface area (Å²) in [7, 11) is 0. The van der Waals surface area contributed by atoms with Gasteiger partial charge >= 0.3 is 0 Å². The number of nitrogens with zero attached hydrogens (tertiary/aromatic N) is 2. The monoisotopic (exact) mass is 280 g/mol. The van der Waals surface area contributed by atoms with Crippen LogP contribution >= 0.6 is 15.9 Å². The maximum atomic E-state index is 11.8. The quantitative estimate of drug-likeness (QED) is 0.820. The molecule has 16 heavy (non-hydrogen) atoms. The maximum Gasteiger partial charge on any atom is 0.251 e. The van der Waals surface area contributed by atoms with Gasteiger partial charge in [0.15, 0.2) is 0 Å². The molecule has 1 amide bonds. The molecule has 0 aliphatic carbocycles. The molecule has 1 aliphatic rings. The topological polar surface area (TPSA) is 32.7 Å². The Balaban J connectivity index is 2.12. The minimum absolute atomic E-state index is 0.0737. The predicted octanol–water partition coefficient (Wildman–Crippen LogP) is 2.80. The van der Waals surface area contributed by atoms with Gasteiger partial charge in [0.25, 0.3) is 5.91 Å². The average Bonchev–Trinajstić information content (AvgIpc) is 2.50. The van der Waals surface area contributed by atoms with Crippen LogP contribution in [0, 0.1) is 5.92 Å². The summed E-state index contributed by atoms with van der Waals surface area (Å²) in [6, 6.07) is 7.92. The molecule has 4 heteroatoms. The maximum absolute atomic E-state index is 11.8. The van der Waals surface area contributed by atoms with E-state index in [1.807, 2.05) is 38.1 Å². The van der Waals surface area contributed by atoms with Crippen molar-refractivity contribution in [2.24, 2.45) is 11.0 Å².